The molecule has 0 heterocycles. The monoisotopic (exact) mass is 299 g/mol. The minimum Gasteiger partial charge on any atom is -0.479 e. The number of rotatable bonds is 6. The average molecular weight is 300 g/mol. The fourth-order valence-electron chi connectivity index (χ4n) is 1.77. The Morgan fingerprint density at radius 3 is 2.50 bits per heavy atom. The summed E-state index contributed by atoms with van der Waals surface area (Å²) in [5.74, 6) is -1.43. The van der Waals surface area contributed by atoms with Gasteiger partial charge in [0.1, 0.15) is 0 Å². The lowest BCUT2D eigenvalue weighted by atomic mass is 9.83. The van der Waals surface area contributed by atoms with Gasteiger partial charge in [-0.25, -0.2) is 4.79 Å². The molecule has 5 nitrogen and oxygen atoms in total. The fraction of sp³-hybridized carbons (Fsp3) is 0.429. The number of aliphatic carboxylic acids is 1. The highest BCUT2D eigenvalue weighted by molar-refractivity contribution is 6.31. The molecular formula is C14H18ClNO4. The summed E-state index contributed by atoms with van der Waals surface area (Å²) in [7, 11) is 1.28. The lowest BCUT2D eigenvalue weighted by molar-refractivity contribution is -0.148. The molecule has 1 unspecified atom stereocenters. The molecular weight excluding hydrogens is 282 g/mol. The maximum atomic E-state index is 12.2. The van der Waals surface area contributed by atoms with Crippen LogP contribution < -0.4 is 5.32 Å². The minimum absolute atomic E-state index is 0.0987. The summed E-state index contributed by atoms with van der Waals surface area (Å²) < 4.78 is 4.76. The molecule has 1 rings (SSSR count). The number of benzene rings is 1. The largest absolute Gasteiger partial charge is 0.479 e. The van der Waals surface area contributed by atoms with Crippen molar-refractivity contribution < 1.29 is 19.4 Å². The molecule has 0 saturated heterocycles. The highest BCUT2D eigenvalue weighted by Gasteiger charge is 2.32. The zero-order valence-electron chi connectivity index (χ0n) is 11.6. The summed E-state index contributed by atoms with van der Waals surface area (Å²) >= 11 is 6.09. The lowest BCUT2D eigenvalue weighted by Gasteiger charge is -2.25. The topological polar surface area (TPSA) is 75.6 Å². The van der Waals surface area contributed by atoms with E-state index >= 15 is 0 Å². The highest BCUT2D eigenvalue weighted by atomic mass is 35.5. The molecule has 1 atom stereocenters. The Morgan fingerprint density at radius 2 is 2.00 bits per heavy atom. The number of carbonyl (C=O) groups excluding carboxylic acids is 1. The Labute approximate surface area is 122 Å². The van der Waals surface area contributed by atoms with E-state index in [1.54, 1.807) is 38.1 Å². The molecule has 0 aliphatic heterocycles. The van der Waals surface area contributed by atoms with Crippen LogP contribution in [-0.2, 0) is 19.7 Å². The van der Waals surface area contributed by atoms with Crippen molar-refractivity contribution in [2.45, 2.75) is 25.4 Å². The van der Waals surface area contributed by atoms with Gasteiger partial charge in [-0.15, -0.1) is 0 Å². The van der Waals surface area contributed by atoms with Crippen LogP contribution in [0.5, 0.6) is 0 Å². The van der Waals surface area contributed by atoms with Crippen molar-refractivity contribution in [1.29, 1.82) is 0 Å². The molecule has 0 aliphatic carbocycles. The van der Waals surface area contributed by atoms with Crippen LogP contribution in [0.1, 0.15) is 19.4 Å². The quantitative estimate of drug-likeness (QED) is 0.840. The third-order valence-corrected chi connectivity index (χ3v) is 3.45. The van der Waals surface area contributed by atoms with Gasteiger partial charge in [0.15, 0.2) is 6.10 Å². The van der Waals surface area contributed by atoms with Crippen LogP contribution in [0, 0.1) is 0 Å². The second-order valence-corrected chi connectivity index (χ2v) is 5.28. The van der Waals surface area contributed by atoms with Gasteiger partial charge in [-0.2, -0.15) is 0 Å². The number of carboxylic acids is 1. The molecule has 0 fully saturated rings. The van der Waals surface area contributed by atoms with Crippen LogP contribution in [0.3, 0.4) is 0 Å². The van der Waals surface area contributed by atoms with E-state index in [0.717, 1.165) is 0 Å². The number of carboxylic acid groups (broad SMARTS) is 1. The van der Waals surface area contributed by atoms with Crippen molar-refractivity contribution in [2.24, 2.45) is 0 Å². The molecule has 0 aliphatic rings. The van der Waals surface area contributed by atoms with E-state index < -0.39 is 17.5 Å². The first-order valence-corrected chi connectivity index (χ1v) is 6.47. The second kappa shape index (κ2) is 6.72. The van der Waals surface area contributed by atoms with E-state index in [-0.39, 0.29) is 12.5 Å². The van der Waals surface area contributed by atoms with Gasteiger partial charge in [0.25, 0.3) is 0 Å². The molecule has 1 aromatic carbocycles. The van der Waals surface area contributed by atoms with E-state index in [9.17, 15) is 9.59 Å². The van der Waals surface area contributed by atoms with Crippen molar-refractivity contribution in [3.63, 3.8) is 0 Å². The Hall–Kier alpha value is -1.59. The Kier molecular flexibility index (Phi) is 5.53. The van der Waals surface area contributed by atoms with Crippen LogP contribution >= 0.6 is 11.6 Å². The van der Waals surface area contributed by atoms with Gasteiger partial charge in [0, 0.05) is 12.1 Å². The van der Waals surface area contributed by atoms with Crippen molar-refractivity contribution in [3.05, 3.63) is 34.9 Å². The predicted octanol–water partition coefficient (Wildman–Crippen LogP) is 1.83. The molecule has 0 radical (unpaired) electrons. The van der Waals surface area contributed by atoms with Gasteiger partial charge >= 0.3 is 5.97 Å². The van der Waals surface area contributed by atoms with Gasteiger partial charge in [-0.1, -0.05) is 29.8 Å². The molecule has 110 valence electrons. The predicted molar refractivity (Wildman–Crippen MR) is 75.9 cm³/mol. The SMILES string of the molecule is COC(CNC(=O)C(C)(C)c1ccccc1Cl)C(=O)O. The summed E-state index contributed by atoms with van der Waals surface area (Å²) in [5.41, 5.74) is -0.182. The van der Waals surface area contributed by atoms with Gasteiger partial charge in [-0.05, 0) is 25.5 Å². The van der Waals surface area contributed by atoms with Crippen LogP contribution in [-0.4, -0.2) is 36.7 Å². The van der Waals surface area contributed by atoms with E-state index in [4.69, 9.17) is 21.4 Å². The zero-order chi connectivity index (χ0) is 15.3. The average Bonchev–Trinajstić information content (AvgIpc) is 2.39. The molecule has 6 heteroatoms. The normalized spacial score (nSPS) is 12.8. The summed E-state index contributed by atoms with van der Waals surface area (Å²) in [6.07, 6.45) is -1.07. The number of nitrogens with one attached hydrogen (secondary N) is 1. The van der Waals surface area contributed by atoms with Crippen LogP contribution in [0.4, 0.5) is 0 Å². The number of halogens is 1. The number of hydrogen-bond donors (Lipinski definition) is 2. The van der Waals surface area contributed by atoms with Crippen LogP contribution in [0.2, 0.25) is 5.02 Å². The minimum atomic E-state index is -1.12. The van der Waals surface area contributed by atoms with Gasteiger partial charge in [-0.3, -0.25) is 4.79 Å². The summed E-state index contributed by atoms with van der Waals surface area (Å²) in [6.45, 7) is 3.36. The molecule has 2 N–H and O–H groups in total. The number of ether oxygens (including phenoxy) is 1. The van der Waals surface area contributed by atoms with Gasteiger partial charge in [0.2, 0.25) is 5.91 Å². The van der Waals surface area contributed by atoms with Crippen molar-refractivity contribution in [1.82, 2.24) is 5.32 Å². The van der Waals surface area contributed by atoms with E-state index in [0.29, 0.717) is 10.6 Å². The van der Waals surface area contributed by atoms with Crippen LogP contribution in [0.25, 0.3) is 0 Å². The number of carbonyl (C=O) groups is 2. The number of hydrogen-bond acceptors (Lipinski definition) is 3. The standard InChI is InChI=1S/C14H18ClNO4/c1-14(2,9-6-4-5-7-10(9)15)13(19)16-8-11(20-3)12(17)18/h4-7,11H,8H2,1-3H3,(H,16,19)(H,17,18). The first-order valence-electron chi connectivity index (χ1n) is 6.09. The van der Waals surface area contributed by atoms with Crippen molar-refractivity contribution >= 4 is 23.5 Å². The van der Waals surface area contributed by atoms with Crippen LogP contribution in [0.15, 0.2) is 24.3 Å². The van der Waals surface area contributed by atoms with Gasteiger partial charge in [0.05, 0.1) is 12.0 Å². The first-order chi connectivity index (χ1) is 9.30. The Balaban J connectivity index is 2.81. The second-order valence-electron chi connectivity index (χ2n) is 4.88. The fourth-order valence-corrected chi connectivity index (χ4v) is 2.14. The third kappa shape index (κ3) is 3.71. The Morgan fingerprint density at radius 1 is 1.40 bits per heavy atom. The van der Waals surface area contributed by atoms with Gasteiger partial charge < -0.3 is 15.2 Å². The van der Waals surface area contributed by atoms with E-state index in [1.807, 2.05) is 0 Å². The van der Waals surface area contributed by atoms with Crippen molar-refractivity contribution in [3.8, 4) is 0 Å². The first kappa shape index (κ1) is 16.5. The Bertz CT molecular complexity index is 502. The third-order valence-electron chi connectivity index (χ3n) is 3.12. The smallest absolute Gasteiger partial charge is 0.334 e. The molecule has 0 aromatic heterocycles. The maximum absolute atomic E-state index is 12.2. The summed E-state index contributed by atoms with van der Waals surface area (Å²) in [4.78, 5) is 23.1. The molecule has 20 heavy (non-hydrogen) atoms. The lowest BCUT2D eigenvalue weighted by Crippen LogP contribution is -2.45. The summed E-state index contributed by atoms with van der Waals surface area (Å²) in [6, 6.07) is 7.06. The van der Waals surface area contributed by atoms with E-state index in [1.165, 1.54) is 7.11 Å². The summed E-state index contributed by atoms with van der Waals surface area (Å²) in [5, 5.41) is 11.9. The number of methoxy groups -OCH3 is 1. The molecule has 1 amide bonds. The molecule has 0 spiro atoms. The highest BCUT2D eigenvalue weighted by Crippen LogP contribution is 2.29. The molecule has 1 aromatic rings. The maximum Gasteiger partial charge on any atom is 0.334 e. The zero-order valence-corrected chi connectivity index (χ0v) is 12.4. The number of amides is 1. The molecule has 0 saturated carbocycles. The molecule has 0 bridgehead atoms. The van der Waals surface area contributed by atoms with E-state index in [2.05, 4.69) is 5.32 Å². The van der Waals surface area contributed by atoms with Crippen molar-refractivity contribution in [2.75, 3.05) is 13.7 Å².